The normalized spacial score (nSPS) is 13.5. The van der Waals surface area contributed by atoms with Crippen molar-refractivity contribution in [2.75, 3.05) is 41.0 Å². The fraction of sp³-hybridized carbons (Fsp3) is 0.756. The summed E-state index contributed by atoms with van der Waals surface area (Å²) in [5.41, 5.74) is 0. The molecule has 53 heavy (non-hydrogen) atoms. The quantitative estimate of drug-likeness (QED) is 0.0270. The lowest BCUT2D eigenvalue weighted by Crippen LogP contribution is -2.55. The van der Waals surface area contributed by atoms with Gasteiger partial charge in [-0.25, -0.2) is 0 Å². The maximum Gasteiger partial charge on any atom is 0.306 e. The molecule has 0 aromatic carbocycles. The lowest BCUT2D eigenvalue weighted by Gasteiger charge is -2.34. The van der Waals surface area contributed by atoms with Crippen molar-refractivity contribution in [3.05, 3.63) is 48.6 Å². The maximum atomic E-state index is 12.7. The summed E-state index contributed by atoms with van der Waals surface area (Å²) in [4.78, 5) is 36.7. The SMILES string of the molecule is CCCCC/C=C/CCCCCCCC(=O)OC(COCCC(C(=O)[O-])[N+](C)(C)C)COC(=O)CCC/C=C/C/C=C/C/C=C/CCCCCCCC. The van der Waals surface area contributed by atoms with Crippen LogP contribution in [0.5, 0.6) is 0 Å². The van der Waals surface area contributed by atoms with E-state index in [1.54, 1.807) is 21.1 Å². The number of ether oxygens (including phenoxy) is 3. The summed E-state index contributed by atoms with van der Waals surface area (Å²) in [5.74, 6) is -1.82. The molecule has 0 aromatic rings. The van der Waals surface area contributed by atoms with Gasteiger partial charge in [0.15, 0.2) is 6.10 Å². The first-order valence-corrected chi connectivity index (χ1v) is 21.2. The van der Waals surface area contributed by atoms with Crippen LogP contribution in [0.25, 0.3) is 0 Å². The molecule has 0 heterocycles. The number of carbonyl (C=O) groups excluding carboxylic acids is 3. The minimum absolute atomic E-state index is 0.0209. The van der Waals surface area contributed by atoms with Crippen LogP contribution in [0, 0.1) is 0 Å². The second-order valence-electron chi connectivity index (χ2n) is 15.2. The molecule has 0 bridgehead atoms. The predicted octanol–water partition coefficient (Wildman–Crippen LogP) is 9.91. The van der Waals surface area contributed by atoms with Gasteiger partial charge in [0.05, 0.1) is 40.3 Å². The molecule has 0 aliphatic rings. The lowest BCUT2D eigenvalue weighted by molar-refractivity contribution is -0.889. The van der Waals surface area contributed by atoms with Crippen molar-refractivity contribution < 1.29 is 38.2 Å². The number of carbonyl (C=O) groups is 3. The number of unbranched alkanes of at least 4 members (excludes halogenated alkanes) is 15. The van der Waals surface area contributed by atoms with E-state index in [2.05, 4.69) is 62.5 Å². The largest absolute Gasteiger partial charge is 0.544 e. The van der Waals surface area contributed by atoms with Crippen LogP contribution in [0.2, 0.25) is 0 Å². The third-order valence-corrected chi connectivity index (χ3v) is 9.19. The van der Waals surface area contributed by atoms with Gasteiger partial charge < -0.3 is 28.6 Å². The zero-order valence-corrected chi connectivity index (χ0v) is 34.7. The minimum Gasteiger partial charge on any atom is -0.544 e. The smallest absolute Gasteiger partial charge is 0.306 e. The van der Waals surface area contributed by atoms with Crippen molar-refractivity contribution in [1.82, 2.24) is 0 Å². The van der Waals surface area contributed by atoms with Gasteiger partial charge in [-0.2, -0.15) is 0 Å². The molecular weight excluding hydrogens is 666 g/mol. The Bertz CT molecular complexity index is 1010. The molecule has 0 aromatic heterocycles. The number of allylic oxidation sites excluding steroid dienone is 8. The summed E-state index contributed by atoms with van der Waals surface area (Å²) in [7, 11) is 5.38. The van der Waals surface area contributed by atoms with Gasteiger partial charge in [-0.05, 0) is 70.6 Å². The summed E-state index contributed by atoms with van der Waals surface area (Å²) in [5, 5.41) is 11.6. The van der Waals surface area contributed by atoms with E-state index < -0.39 is 18.1 Å². The van der Waals surface area contributed by atoms with Crippen LogP contribution in [-0.4, -0.2) is 75.5 Å². The molecule has 8 nitrogen and oxygen atoms in total. The van der Waals surface area contributed by atoms with Gasteiger partial charge in [0.25, 0.3) is 0 Å². The highest BCUT2D eigenvalue weighted by atomic mass is 16.6. The Hall–Kier alpha value is -2.71. The first-order valence-electron chi connectivity index (χ1n) is 21.2. The number of quaternary nitrogens is 1. The molecule has 0 fully saturated rings. The number of hydrogen-bond acceptors (Lipinski definition) is 7. The van der Waals surface area contributed by atoms with Crippen LogP contribution in [0.4, 0.5) is 0 Å². The Morgan fingerprint density at radius 2 is 1.02 bits per heavy atom. The van der Waals surface area contributed by atoms with E-state index in [9.17, 15) is 19.5 Å². The summed E-state index contributed by atoms with van der Waals surface area (Å²) in [6, 6.07) is -0.734. The highest BCUT2D eigenvalue weighted by Crippen LogP contribution is 2.12. The molecule has 2 atom stereocenters. The number of carboxylic acids is 1. The van der Waals surface area contributed by atoms with Crippen molar-refractivity contribution in [1.29, 1.82) is 0 Å². The van der Waals surface area contributed by atoms with Crippen LogP contribution in [0.1, 0.15) is 168 Å². The van der Waals surface area contributed by atoms with Gasteiger partial charge >= 0.3 is 11.9 Å². The Labute approximate surface area is 325 Å². The molecule has 2 unspecified atom stereocenters. The number of esters is 2. The van der Waals surface area contributed by atoms with E-state index >= 15 is 0 Å². The van der Waals surface area contributed by atoms with E-state index in [-0.39, 0.29) is 49.1 Å². The van der Waals surface area contributed by atoms with Gasteiger partial charge in [-0.3, -0.25) is 9.59 Å². The molecule has 0 N–H and O–H groups in total. The number of aliphatic carboxylic acids is 1. The standard InChI is InChI=1S/C45H79NO7/c1-6-8-10-12-14-16-18-20-21-22-23-24-26-27-29-31-33-35-43(47)52-40-41(39-51-38-37-42(45(49)50)46(3,4)5)53-44(48)36-34-32-30-28-25-19-17-15-13-11-9-7-2/h15,17,20-21,23-24,27,29,41-42H,6-14,16,18-19,22,25-26,28,30-40H2,1-5H3/b17-15+,21-20+,24-23+,29-27+. The summed E-state index contributed by atoms with van der Waals surface area (Å²) in [6.45, 7) is 4.55. The van der Waals surface area contributed by atoms with Gasteiger partial charge in [-0.1, -0.05) is 127 Å². The van der Waals surface area contributed by atoms with Crippen LogP contribution < -0.4 is 5.11 Å². The zero-order valence-electron chi connectivity index (χ0n) is 34.7. The number of likely N-dealkylation sites (N-methyl/N-ethyl adjacent to an activating group) is 1. The summed E-state index contributed by atoms with van der Waals surface area (Å²) < 4.78 is 17.1. The number of carboxylic acid groups (broad SMARTS) is 1. The van der Waals surface area contributed by atoms with Crippen LogP contribution in [0.15, 0.2) is 48.6 Å². The third kappa shape index (κ3) is 34.8. The highest BCUT2D eigenvalue weighted by molar-refractivity contribution is 5.70. The van der Waals surface area contributed by atoms with Crippen LogP contribution in [-0.2, 0) is 28.6 Å². The molecule has 0 spiro atoms. The molecular formula is C45H79NO7. The van der Waals surface area contributed by atoms with Crippen molar-refractivity contribution in [3.8, 4) is 0 Å². The topological polar surface area (TPSA) is 102 Å². The molecule has 8 heteroatoms. The molecule has 0 saturated carbocycles. The first-order chi connectivity index (χ1) is 25.6. The first kappa shape index (κ1) is 50.3. The Kier molecular flexibility index (Phi) is 34.4. The molecule has 0 rings (SSSR count). The number of nitrogens with zero attached hydrogens (tertiary/aromatic N) is 1. The third-order valence-electron chi connectivity index (χ3n) is 9.19. The lowest BCUT2D eigenvalue weighted by atomic mass is 10.1. The minimum atomic E-state index is -1.13. The van der Waals surface area contributed by atoms with Crippen molar-refractivity contribution in [3.63, 3.8) is 0 Å². The van der Waals surface area contributed by atoms with Crippen molar-refractivity contribution >= 4 is 17.9 Å². The number of hydrogen-bond donors (Lipinski definition) is 0. The average molecular weight is 746 g/mol. The van der Waals surface area contributed by atoms with Crippen LogP contribution in [0.3, 0.4) is 0 Å². The molecule has 306 valence electrons. The van der Waals surface area contributed by atoms with Crippen molar-refractivity contribution in [2.24, 2.45) is 0 Å². The molecule has 0 aliphatic heterocycles. The van der Waals surface area contributed by atoms with Gasteiger partial charge in [0.1, 0.15) is 12.6 Å². The maximum absolute atomic E-state index is 12.7. The van der Waals surface area contributed by atoms with Crippen LogP contribution >= 0.6 is 0 Å². The molecule has 0 amide bonds. The second-order valence-corrected chi connectivity index (χ2v) is 15.2. The predicted molar refractivity (Wildman–Crippen MR) is 217 cm³/mol. The van der Waals surface area contributed by atoms with E-state index in [1.807, 2.05) is 0 Å². The van der Waals surface area contributed by atoms with E-state index in [4.69, 9.17) is 14.2 Å². The Morgan fingerprint density at radius 1 is 0.566 bits per heavy atom. The molecule has 0 saturated heterocycles. The average Bonchev–Trinajstić information content (AvgIpc) is 3.11. The van der Waals surface area contributed by atoms with E-state index in [0.717, 1.165) is 57.8 Å². The van der Waals surface area contributed by atoms with Gasteiger partial charge in [0.2, 0.25) is 0 Å². The highest BCUT2D eigenvalue weighted by Gasteiger charge is 2.25. The van der Waals surface area contributed by atoms with Gasteiger partial charge in [0, 0.05) is 19.3 Å². The van der Waals surface area contributed by atoms with E-state index in [0.29, 0.717) is 12.8 Å². The Balaban J connectivity index is 4.46. The fourth-order valence-corrected chi connectivity index (χ4v) is 5.84. The summed E-state index contributed by atoms with van der Waals surface area (Å²) in [6.07, 6.45) is 41.4. The Morgan fingerprint density at radius 3 is 1.58 bits per heavy atom. The molecule has 0 radical (unpaired) electrons. The van der Waals surface area contributed by atoms with E-state index in [1.165, 1.54) is 70.6 Å². The summed E-state index contributed by atoms with van der Waals surface area (Å²) >= 11 is 0. The monoisotopic (exact) mass is 746 g/mol. The molecule has 0 aliphatic carbocycles. The zero-order chi connectivity index (χ0) is 39.3. The number of rotatable bonds is 37. The van der Waals surface area contributed by atoms with Gasteiger partial charge in [-0.15, -0.1) is 0 Å². The second kappa shape index (κ2) is 36.3. The van der Waals surface area contributed by atoms with Crippen molar-refractivity contribution in [2.45, 2.75) is 180 Å². The fourth-order valence-electron chi connectivity index (χ4n) is 5.84.